The molecule has 2 rings (SSSR count). The third-order valence-electron chi connectivity index (χ3n) is 2.54. The summed E-state index contributed by atoms with van der Waals surface area (Å²) in [6.07, 6.45) is 0.0786. The number of esters is 1. The fraction of sp³-hybridized carbons (Fsp3) is 0.133. The van der Waals surface area contributed by atoms with E-state index < -0.39 is 5.97 Å². The van der Waals surface area contributed by atoms with Crippen LogP contribution in [-0.4, -0.2) is 11.8 Å². The Labute approximate surface area is 159 Å². The number of ether oxygens (including phenoxy) is 2. The van der Waals surface area contributed by atoms with Crippen molar-refractivity contribution in [2.75, 3.05) is 5.88 Å². The van der Waals surface area contributed by atoms with Crippen LogP contribution in [0.15, 0.2) is 36.4 Å². The van der Waals surface area contributed by atoms with Gasteiger partial charge in [0.15, 0.2) is 11.5 Å². The number of rotatable bonds is 5. The van der Waals surface area contributed by atoms with Crippen LogP contribution in [0.2, 0.25) is 15.1 Å². The molecule has 0 spiro atoms. The molecule has 2 aromatic rings. The molecule has 3 nitrogen and oxygen atoms in total. The monoisotopic (exact) mass is 413 g/mol. The summed E-state index contributed by atoms with van der Waals surface area (Å²) in [5.74, 6) is 0.552. The summed E-state index contributed by atoms with van der Waals surface area (Å²) in [6.45, 7) is 0. The van der Waals surface area contributed by atoms with Gasteiger partial charge in [0.25, 0.3) is 0 Å². The molecule has 0 saturated heterocycles. The molecule has 0 N–H and O–H groups in total. The van der Waals surface area contributed by atoms with Crippen LogP contribution >= 0.6 is 46.4 Å². The molecule has 0 atom stereocenters. The number of alkyl halides is 1. The van der Waals surface area contributed by atoms with Crippen molar-refractivity contribution in [3.63, 3.8) is 0 Å². The lowest BCUT2D eigenvalue weighted by molar-refractivity contribution is -0.134. The number of carbonyl (C=O) groups is 1. The first-order valence-electron chi connectivity index (χ1n) is 6.18. The summed E-state index contributed by atoms with van der Waals surface area (Å²) in [5.41, 5.74) is 0. The van der Waals surface area contributed by atoms with Gasteiger partial charge in [-0.2, -0.15) is 0 Å². The van der Waals surface area contributed by atoms with E-state index >= 15 is 0 Å². The molecule has 0 aliphatic rings. The normalized spacial score (nSPS) is 9.91. The molecule has 0 aromatic heterocycles. The average molecular weight is 416 g/mol. The van der Waals surface area contributed by atoms with E-state index in [4.69, 9.17) is 55.9 Å². The highest BCUT2D eigenvalue weighted by atomic mass is 35.5. The van der Waals surface area contributed by atoms with Crippen molar-refractivity contribution in [1.29, 1.82) is 0 Å². The molecule has 8 heteroatoms. The molecule has 0 amide bonds. The third kappa shape index (κ3) is 5.94. The number of hydrogen-bond donors (Lipinski definition) is 0. The van der Waals surface area contributed by atoms with E-state index in [1.165, 1.54) is 6.07 Å². The zero-order valence-electron chi connectivity index (χ0n) is 11.5. The van der Waals surface area contributed by atoms with Crippen molar-refractivity contribution in [1.82, 2.24) is 0 Å². The first-order valence-corrected chi connectivity index (χ1v) is 7.85. The Balaban J connectivity index is 0.00000264. The van der Waals surface area contributed by atoms with Crippen LogP contribution in [0.5, 0.6) is 17.2 Å². The van der Waals surface area contributed by atoms with Gasteiger partial charge in [0.05, 0.1) is 11.4 Å². The summed E-state index contributed by atoms with van der Waals surface area (Å²) in [4.78, 5) is 11.6. The summed E-state index contributed by atoms with van der Waals surface area (Å²) in [6, 6.07) is 9.47. The lowest BCUT2D eigenvalue weighted by Gasteiger charge is -2.12. The molecule has 23 heavy (non-hydrogen) atoms. The summed E-state index contributed by atoms with van der Waals surface area (Å²) in [5, 5.41) is 1.23. The van der Waals surface area contributed by atoms with Gasteiger partial charge in [-0.15, -0.1) is 11.6 Å². The highest BCUT2D eigenvalue weighted by Gasteiger charge is 2.13. The Hall–Kier alpha value is -0.840. The van der Waals surface area contributed by atoms with Crippen LogP contribution in [0, 0.1) is 0 Å². The number of hydrogen-bond acceptors (Lipinski definition) is 3. The molecule has 0 aliphatic heterocycles. The van der Waals surface area contributed by atoms with Gasteiger partial charge in [-0.3, -0.25) is 4.79 Å². The molecule has 0 radical (unpaired) electrons. The number of halogens is 5. The van der Waals surface area contributed by atoms with Crippen LogP contribution in [0.25, 0.3) is 0 Å². The fourth-order valence-electron chi connectivity index (χ4n) is 1.57. The van der Waals surface area contributed by atoms with Gasteiger partial charge in [0.2, 0.25) is 0 Å². The lowest BCUT2D eigenvalue weighted by Crippen LogP contribution is -3.00. The van der Waals surface area contributed by atoms with Gasteiger partial charge >= 0.3 is 5.97 Å². The molecule has 0 saturated carbocycles. The van der Waals surface area contributed by atoms with Crippen LogP contribution in [-0.2, 0) is 4.79 Å². The summed E-state index contributed by atoms with van der Waals surface area (Å²) >= 11 is 23.3. The first-order chi connectivity index (χ1) is 10.5. The van der Waals surface area contributed by atoms with Crippen molar-refractivity contribution in [2.24, 2.45) is 0 Å². The van der Waals surface area contributed by atoms with Gasteiger partial charge in [-0.25, -0.2) is 0 Å². The molecule has 124 valence electrons. The second-order valence-corrected chi connectivity index (χ2v) is 5.84. The van der Waals surface area contributed by atoms with E-state index in [-0.39, 0.29) is 30.5 Å². The summed E-state index contributed by atoms with van der Waals surface area (Å²) < 4.78 is 10.9. The first kappa shape index (κ1) is 20.2. The maximum absolute atomic E-state index is 11.6. The average Bonchev–Trinajstić information content (AvgIpc) is 2.44. The largest absolute Gasteiger partial charge is 1.00 e. The SMILES string of the molecule is O=C(CCCl)Oc1cc(Cl)ccc1Oc1ccc(Cl)cc1Cl.[Cl-]. The lowest BCUT2D eigenvalue weighted by atomic mass is 10.3. The smallest absolute Gasteiger partial charge is 0.312 e. The van der Waals surface area contributed by atoms with Crippen molar-refractivity contribution in [3.8, 4) is 17.2 Å². The number of benzene rings is 2. The van der Waals surface area contributed by atoms with Crippen molar-refractivity contribution >= 4 is 52.4 Å². The van der Waals surface area contributed by atoms with Gasteiger partial charge in [0.1, 0.15) is 5.75 Å². The molecule has 0 bridgehead atoms. The van der Waals surface area contributed by atoms with E-state index in [0.717, 1.165) is 0 Å². The van der Waals surface area contributed by atoms with Crippen LogP contribution in [0.4, 0.5) is 0 Å². The Bertz CT molecular complexity index is 691. The molecule has 0 heterocycles. The van der Waals surface area contributed by atoms with E-state index in [1.807, 2.05) is 0 Å². The maximum atomic E-state index is 11.6. The minimum atomic E-state index is -0.482. The highest BCUT2D eigenvalue weighted by Crippen LogP contribution is 2.37. The third-order valence-corrected chi connectivity index (χ3v) is 3.50. The predicted molar refractivity (Wildman–Crippen MR) is 89.0 cm³/mol. The highest BCUT2D eigenvalue weighted by molar-refractivity contribution is 6.35. The van der Waals surface area contributed by atoms with Gasteiger partial charge in [0, 0.05) is 22.0 Å². The van der Waals surface area contributed by atoms with Crippen molar-refractivity contribution in [2.45, 2.75) is 6.42 Å². The predicted octanol–water partition coefficient (Wildman–Crippen LogP) is 2.98. The Morgan fingerprint density at radius 1 is 0.913 bits per heavy atom. The second-order valence-electron chi connectivity index (χ2n) is 4.18. The number of carbonyl (C=O) groups excluding carboxylic acids is 1. The van der Waals surface area contributed by atoms with Crippen molar-refractivity contribution in [3.05, 3.63) is 51.5 Å². The molecular formula is C15H10Cl5O3-. The molecule has 0 aliphatic carbocycles. The topological polar surface area (TPSA) is 35.5 Å². The minimum Gasteiger partial charge on any atom is -1.00 e. The molecular weight excluding hydrogens is 405 g/mol. The van der Waals surface area contributed by atoms with Gasteiger partial charge < -0.3 is 21.9 Å². The van der Waals surface area contributed by atoms with E-state index in [2.05, 4.69) is 0 Å². The Kier molecular flexibility index (Phi) is 8.31. The van der Waals surface area contributed by atoms with Crippen LogP contribution in [0.3, 0.4) is 0 Å². The molecule has 0 unspecified atom stereocenters. The summed E-state index contributed by atoms with van der Waals surface area (Å²) in [7, 11) is 0. The Morgan fingerprint density at radius 2 is 1.52 bits per heavy atom. The quantitative estimate of drug-likeness (QED) is 0.428. The zero-order valence-corrected chi connectivity index (χ0v) is 15.3. The van der Waals surface area contributed by atoms with Crippen molar-refractivity contribution < 1.29 is 26.7 Å². The Morgan fingerprint density at radius 3 is 2.13 bits per heavy atom. The van der Waals surface area contributed by atoms with Gasteiger partial charge in [-0.1, -0.05) is 34.8 Å². The van der Waals surface area contributed by atoms with Gasteiger partial charge in [-0.05, 0) is 30.3 Å². The minimum absolute atomic E-state index is 0. The second kappa shape index (κ2) is 9.45. The van der Waals surface area contributed by atoms with E-state index in [1.54, 1.807) is 30.3 Å². The van der Waals surface area contributed by atoms with E-state index in [0.29, 0.717) is 26.6 Å². The maximum Gasteiger partial charge on any atom is 0.312 e. The van der Waals surface area contributed by atoms with E-state index in [9.17, 15) is 4.79 Å². The standard InChI is InChI=1S/C15H10Cl4O3.ClH/c16-6-5-15(20)22-14-8-10(18)2-4-13(14)21-12-3-1-9(17)7-11(12)19;/h1-4,7-8H,5-6H2;1H/p-1. The molecule has 0 fully saturated rings. The van der Waals surface area contributed by atoms with Crippen LogP contribution < -0.4 is 21.9 Å². The zero-order chi connectivity index (χ0) is 16.1. The molecule has 2 aromatic carbocycles. The van der Waals surface area contributed by atoms with Crippen LogP contribution in [0.1, 0.15) is 6.42 Å². The fourth-order valence-corrected chi connectivity index (χ4v) is 2.34.